The van der Waals surface area contributed by atoms with Gasteiger partial charge in [-0.2, -0.15) is 0 Å². The van der Waals surface area contributed by atoms with Crippen LogP contribution in [0.25, 0.3) is 0 Å². The van der Waals surface area contributed by atoms with E-state index >= 15 is 0 Å². The third-order valence-corrected chi connectivity index (χ3v) is 5.98. The van der Waals surface area contributed by atoms with Gasteiger partial charge in [0.15, 0.2) is 0 Å². The van der Waals surface area contributed by atoms with Crippen LogP contribution >= 0.6 is 0 Å². The second kappa shape index (κ2) is 8.02. The molecule has 0 radical (unpaired) electrons. The molecule has 3 aliphatic rings. The molecule has 3 fully saturated rings. The lowest BCUT2D eigenvalue weighted by molar-refractivity contribution is 0.0237. The summed E-state index contributed by atoms with van der Waals surface area (Å²) >= 11 is 0. The summed E-state index contributed by atoms with van der Waals surface area (Å²) in [5.74, 6) is 0.482. The minimum Gasteiger partial charge on any atom is -0.444 e. The van der Waals surface area contributed by atoms with Crippen molar-refractivity contribution in [1.82, 2.24) is 19.8 Å². The fourth-order valence-corrected chi connectivity index (χ4v) is 4.48. The first-order valence-corrected chi connectivity index (χ1v) is 10.7. The third kappa shape index (κ3) is 4.66. The van der Waals surface area contributed by atoms with E-state index in [4.69, 9.17) is 9.47 Å². The molecule has 3 heterocycles. The number of carbonyl (C=O) groups excluding carboxylic acids is 2. The van der Waals surface area contributed by atoms with E-state index in [-0.39, 0.29) is 23.5 Å². The van der Waals surface area contributed by atoms with Gasteiger partial charge in [-0.25, -0.2) is 14.8 Å². The number of hydrogen-bond donors (Lipinski definition) is 1. The van der Waals surface area contributed by atoms with Crippen LogP contribution in [0.15, 0.2) is 12.4 Å². The van der Waals surface area contributed by atoms with Crippen LogP contribution in [0.4, 0.5) is 10.7 Å². The van der Waals surface area contributed by atoms with Crippen LogP contribution < -0.4 is 5.32 Å². The third-order valence-electron chi connectivity index (χ3n) is 5.98. The van der Waals surface area contributed by atoms with Crippen molar-refractivity contribution in [2.75, 3.05) is 44.7 Å². The molecule has 2 amide bonds. The summed E-state index contributed by atoms with van der Waals surface area (Å²) < 4.78 is 10.8. The van der Waals surface area contributed by atoms with Crippen molar-refractivity contribution in [1.29, 1.82) is 0 Å². The summed E-state index contributed by atoms with van der Waals surface area (Å²) in [6.07, 6.45) is 5.90. The van der Waals surface area contributed by atoms with Crippen molar-refractivity contribution in [2.24, 2.45) is 5.41 Å². The first-order chi connectivity index (χ1) is 14.2. The predicted molar refractivity (Wildman–Crippen MR) is 110 cm³/mol. The van der Waals surface area contributed by atoms with Crippen molar-refractivity contribution in [3.63, 3.8) is 0 Å². The summed E-state index contributed by atoms with van der Waals surface area (Å²) in [4.78, 5) is 37.0. The lowest BCUT2D eigenvalue weighted by atomic mass is 9.65. The van der Waals surface area contributed by atoms with Gasteiger partial charge in [0.2, 0.25) is 5.95 Å². The average Bonchev–Trinajstić information content (AvgIpc) is 3.13. The second-order valence-electron chi connectivity index (χ2n) is 9.60. The van der Waals surface area contributed by atoms with E-state index in [1.807, 2.05) is 25.7 Å². The Morgan fingerprint density at radius 2 is 1.80 bits per heavy atom. The van der Waals surface area contributed by atoms with E-state index in [1.165, 1.54) is 0 Å². The molecule has 30 heavy (non-hydrogen) atoms. The van der Waals surface area contributed by atoms with Gasteiger partial charge >= 0.3 is 6.09 Å². The number of carbonyl (C=O) groups is 2. The Hall–Kier alpha value is -2.42. The van der Waals surface area contributed by atoms with Gasteiger partial charge in [-0.15, -0.1) is 0 Å². The monoisotopic (exact) mass is 417 g/mol. The highest BCUT2D eigenvalue weighted by molar-refractivity contribution is 5.93. The molecule has 2 aliphatic heterocycles. The summed E-state index contributed by atoms with van der Waals surface area (Å²) in [6.45, 7) is 9.50. The molecule has 1 aromatic heterocycles. The minimum atomic E-state index is -0.469. The average molecular weight is 418 g/mol. The van der Waals surface area contributed by atoms with Gasteiger partial charge in [0.1, 0.15) is 5.60 Å². The van der Waals surface area contributed by atoms with Crippen LogP contribution in [-0.2, 0) is 9.47 Å². The first kappa shape index (κ1) is 20.8. The van der Waals surface area contributed by atoms with Crippen LogP contribution in [0.2, 0.25) is 0 Å². The highest BCUT2D eigenvalue weighted by Crippen LogP contribution is 2.49. The van der Waals surface area contributed by atoms with Crippen molar-refractivity contribution < 1.29 is 19.1 Å². The smallest absolute Gasteiger partial charge is 0.410 e. The first-order valence-electron chi connectivity index (χ1n) is 10.7. The fraction of sp³-hybridized carbons (Fsp3) is 0.714. The maximum Gasteiger partial charge on any atom is 0.410 e. The lowest BCUT2D eigenvalue weighted by Gasteiger charge is -2.45. The number of likely N-dealkylation sites (tertiary alicyclic amines) is 1. The topological polar surface area (TPSA) is 96.9 Å². The van der Waals surface area contributed by atoms with E-state index in [2.05, 4.69) is 15.3 Å². The fourth-order valence-electron chi connectivity index (χ4n) is 4.48. The van der Waals surface area contributed by atoms with E-state index in [0.717, 1.165) is 32.4 Å². The van der Waals surface area contributed by atoms with Crippen LogP contribution in [0.5, 0.6) is 0 Å². The van der Waals surface area contributed by atoms with Crippen molar-refractivity contribution >= 4 is 17.9 Å². The Morgan fingerprint density at radius 1 is 1.13 bits per heavy atom. The van der Waals surface area contributed by atoms with Gasteiger partial charge in [0, 0.05) is 44.6 Å². The molecule has 0 unspecified atom stereocenters. The number of nitrogens with one attached hydrogen (secondary N) is 1. The van der Waals surface area contributed by atoms with Gasteiger partial charge in [0.05, 0.1) is 18.8 Å². The number of rotatable bonds is 3. The number of morpholine rings is 1. The van der Waals surface area contributed by atoms with Gasteiger partial charge in [-0.3, -0.25) is 4.79 Å². The normalized spacial score (nSPS) is 26.4. The predicted octanol–water partition coefficient (Wildman–Crippen LogP) is 2.15. The molecule has 1 saturated carbocycles. The largest absolute Gasteiger partial charge is 0.444 e. The van der Waals surface area contributed by atoms with Gasteiger partial charge < -0.3 is 24.6 Å². The summed E-state index contributed by atoms with van der Waals surface area (Å²) in [6, 6.07) is 0.282. The molecular formula is C21H31N5O4. The summed E-state index contributed by atoms with van der Waals surface area (Å²) in [5.41, 5.74) is 0.195. The number of anilines is 1. The molecule has 0 aromatic carbocycles. The minimum absolute atomic E-state index is 0.0550. The van der Waals surface area contributed by atoms with Crippen molar-refractivity contribution in [2.45, 2.75) is 51.7 Å². The second-order valence-corrected chi connectivity index (χ2v) is 9.60. The molecule has 1 aliphatic carbocycles. The molecule has 9 nitrogen and oxygen atoms in total. The Morgan fingerprint density at radius 3 is 2.43 bits per heavy atom. The maximum atomic E-state index is 12.5. The standard InChI is InChI=1S/C21H31N5O4/c1-20(2,3)30-19(28)26-5-4-21(14-26)10-16(11-21)24-18-22-12-15(13-23-18)17(27)25-6-8-29-9-7-25/h12-13,16H,4-11,14H2,1-3H3,(H,22,23,24). The molecule has 2 saturated heterocycles. The molecule has 1 aromatic rings. The Labute approximate surface area is 177 Å². The Bertz CT molecular complexity index is 780. The molecule has 0 atom stereocenters. The molecule has 1 N–H and O–H groups in total. The number of amides is 2. The van der Waals surface area contributed by atoms with Crippen LogP contribution in [0.3, 0.4) is 0 Å². The maximum absolute atomic E-state index is 12.5. The quantitative estimate of drug-likeness (QED) is 0.805. The van der Waals surface area contributed by atoms with Crippen molar-refractivity contribution in [3.8, 4) is 0 Å². The molecule has 1 spiro atoms. The van der Waals surface area contributed by atoms with E-state index in [9.17, 15) is 9.59 Å². The van der Waals surface area contributed by atoms with Gasteiger partial charge in [-0.1, -0.05) is 0 Å². The number of hydrogen-bond acceptors (Lipinski definition) is 7. The van der Waals surface area contributed by atoms with Crippen LogP contribution in [0, 0.1) is 5.41 Å². The zero-order chi connectivity index (χ0) is 21.4. The Balaban J connectivity index is 1.25. The molecular weight excluding hydrogens is 386 g/mol. The zero-order valence-electron chi connectivity index (χ0n) is 18.0. The molecule has 4 rings (SSSR count). The number of aromatic nitrogens is 2. The highest BCUT2D eigenvalue weighted by Gasteiger charge is 2.50. The van der Waals surface area contributed by atoms with Crippen LogP contribution in [-0.4, -0.2) is 82.8 Å². The van der Waals surface area contributed by atoms with E-state index in [1.54, 1.807) is 17.3 Å². The molecule has 164 valence electrons. The SMILES string of the molecule is CC(C)(C)OC(=O)N1CCC2(CC(Nc3ncc(C(=O)N4CCOCC4)cn3)C2)C1. The molecule has 9 heteroatoms. The highest BCUT2D eigenvalue weighted by atomic mass is 16.6. The summed E-state index contributed by atoms with van der Waals surface area (Å²) in [5, 5.41) is 3.36. The van der Waals surface area contributed by atoms with Gasteiger partial charge in [-0.05, 0) is 45.4 Å². The van der Waals surface area contributed by atoms with E-state index in [0.29, 0.717) is 37.8 Å². The zero-order valence-corrected chi connectivity index (χ0v) is 18.0. The van der Waals surface area contributed by atoms with Gasteiger partial charge in [0.25, 0.3) is 5.91 Å². The van der Waals surface area contributed by atoms with E-state index < -0.39 is 5.60 Å². The Kier molecular flexibility index (Phi) is 5.57. The van der Waals surface area contributed by atoms with Crippen molar-refractivity contribution in [3.05, 3.63) is 18.0 Å². The number of ether oxygens (including phenoxy) is 2. The molecule has 0 bridgehead atoms. The lowest BCUT2D eigenvalue weighted by Crippen LogP contribution is -2.48. The summed E-state index contributed by atoms with van der Waals surface area (Å²) in [7, 11) is 0. The van der Waals surface area contributed by atoms with Crippen LogP contribution in [0.1, 0.15) is 50.4 Å². The number of nitrogens with zero attached hydrogens (tertiary/aromatic N) is 4.